The van der Waals surface area contributed by atoms with Crippen LogP contribution in [0.25, 0.3) is 0 Å². The van der Waals surface area contributed by atoms with Crippen molar-refractivity contribution in [3.63, 3.8) is 0 Å². The molecule has 1 aliphatic heterocycles. The lowest BCUT2D eigenvalue weighted by molar-refractivity contribution is 0.0121. The summed E-state index contributed by atoms with van der Waals surface area (Å²) in [5.41, 5.74) is 0.593. The number of nitrogens with one attached hydrogen (secondary N) is 2. The van der Waals surface area contributed by atoms with Gasteiger partial charge in [-0.15, -0.1) is 0 Å². The summed E-state index contributed by atoms with van der Waals surface area (Å²) >= 11 is 0. The van der Waals surface area contributed by atoms with Crippen molar-refractivity contribution < 1.29 is 18.3 Å². The highest BCUT2D eigenvalue weighted by molar-refractivity contribution is 5.73. The summed E-state index contributed by atoms with van der Waals surface area (Å²) in [7, 11) is 0. The van der Waals surface area contributed by atoms with Crippen molar-refractivity contribution in [2.45, 2.75) is 19.4 Å². The summed E-state index contributed by atoms with van der Waals surface area (Å²) in [4.78, 5) is 14.4. The summed E-state index contributed by atoms with van der Waals surface area (Å²) in [6.07, 6.45) is 0.449. The molecular formula is C20H26FN3O3. The summed E-state index contributed by atoms with van der Waals surface area (Å²) in [5.74, 6) is 1.43. The molecule has 1 unspecified atom stereocenters. The Morgan fingerprint density at radius 1 is 1.19 bits per heavy atom. The smallest absolute Gasteiger partial charge is 0.314 e. The number of ether oxygens (including phenoxy) is 1. The normalized spacial score (nSPS) is 16.1. The number of hydrogen-bond acceptors (Lipinski definition) is 4. The van der Waals surface area contributed by atoms with E-state index in [4.69, 9.17) is 9.15 Å². The van der Waals surface area contributed by atoms with E-state index in [0.29, 0.717) is 38.3 Å². The number of amides is 2. The van der Waals surface area contributed by atoms with Crippen molar-refractivity contribution in [1.82, 2.24) is 15.5 Å². The van der Waals surface area contributed by atoms with Crippen LogP contribution < -0.4 is 10.6 Å². The number of benzene rings is 1. The molecule has 1 saturated heterocycles. The monoisotopic (exact) mass is 375 g/mol. The molecule has 0 spiro atoms. The molecule has 2 amide bonds. The number of rotatable bonds is 7. The van der Waals surface area contributed by atoms with Crippen molar-refractivity contribution >= 4 is 6.03 Å². The van der Waals surface area contributed by atoms with Gasteiger partial charge in [-0.3, -0.25) is 4.90 Å². The van der Waals surface area contributed by atoms with Crippen molar-refractivity contribution in [1.29, 1.82) is 0 Å². The first kappa shape index (κ1) is 19.4. The number of aryl methyl sites for hydroxylation is 1. The Morgan fingerprint density at radius 2 is 1.96 bits per heavy atom. The average molecular weight is 375 g/mol. The number of urea groups is 1. The Hall–Kier alpha value is -2.38. The molecule has 2 N–H and O–H groups in total. The molecule has 0 aliphatic carbocycles. The van der Waals surface area contributed by atoms with Gasteiger partial charge in [0, 0.05) is 26.2 Å². The third-order valence-electron chi connectivity index (χ3n) is 4.67. The standard InChI is InChI=1S/C20H26FN3O3/c1-15-6-7-19(27-15)18(24-10-12-26-13-11-24)14-23-20(25)22-9-8-16-4-2-3-5-17(16)21/h2-7,18H,8-14H2,1H3,(H2,22,23,25). The molecule has 2 aromatic rings. The Balaban J connectivity index is 1.50. The molecule has 2 heterocycles. The predicted octanol–water partition coefficient (Wildman–Crippen LogP) is 2.64. The second kappa shape index (κ2) is 9.53. The maximum absolute atomic E-state index is 13.6. The topological polar surface area (TPSA) is 66.7 Å². The lowest BCUT2D eigenvalue weighted by atomic mass is 10.1. The largest absolute Gasteiger partial charge is 0.465 e. The van der Waals surface area contributed by atoms with E-state index in [1.165, 1.54) is 6.07 Å². The van der Waals surface area contributed by atoms with Gasteiger partial charge in [0.25, 0.3) is 0 Å². The third-order valence-corrected chi connectivity index (χ3v) is 4.67. The van der Waals surface area contributed by atoms with Crippen molar-refractivity contribution in [3.05, 3.63) is 59.3 Å². The first-order valence-corrected chi connectivity index (χ1v) is 9.26. The van der Waals surface area contributed by atoms with Crippen LogP contribution in [0.5, 0.6) is 0 Å². The van der Waals surface area contributed by atoms with Gasteiger partial charge >= 0.3 is 6.03 Å². The van der Waals surface area contributed by atoms with E-state index in [9.17, 15) is 9.18 Å². The molecule has 1 aliphatic rings. The van der Waals surface area contributed by atoms with E-state index in [-0.39, 0.29) is 17.9 Å². The van der Waals surface area contributed by atoms with Crippen molar-refractivity contribution in [2.24, 2.45) is 0 Å². The molecule has 1 fully saturated rings. The molecule has 7 heteroatoms. The van der Waals surface area contributed by atoms with E-state index < -0.39 is 0 Å². The summed E-state index contributed by atoms with van der Waals surface area (Å²) in [6, 6.07) is 10.2. The fourth-order valence-corrected chi connectivity index (χ4v) is 3.20. The van der Waals surface area contributed by atoms with Crippen LogP contribution in [0.15, 0.2) is 40.8 Å². The molecule has 3 rings (SSSR count). The van der Waals surface area contributed by atoms with Crippen LogP contribution in [0, 0.1) is 12.7 Å². The molecular weight excluding hydrogens is 349 g/mol. The molecule has 6 nitrogen and oxygen atoms in total. The zero-order valence-electron chi connectivity index (χ0n) is 15.5. The molecule has 1 atom stereocenters. The van der Waals surface area contributed by atoms with Crippen molar-refractivity contribution in [2.75, 3.05) is 39.4 Å². The Morgan fingerprint density at radius 3 is 2.67 bits per heavy atom. The molecule has 0 bridgehead atoms. The van der Waals surface area contributed by atoms with Crippen LogP contribution in [0.2, 0.25) is 0 Å². The fourth-order valence-electron chi connectivity index (χ4n) is 3.20. The van der Waals surface area contributed by atoms with Gasteiger partial charge in [-0.25, -0.2) is 9.18 Å². The van der Waals surface area contributed by atoms with Crippen LogP contribution >= 0.6 is 0 Å². The van der Waals surface area contributed by atoms with Gasteiger partial charge in [-0.1, -0.05) is 18.2 Å². The maximum atomic E-state index is 13.6. The highest BCUT2D eigenvalue weighted by Crippen LogP contribution is 2.23. The minimum atomic E-state index is -0.270. The lowest BCUT2D eigenvalue weighted by Crippen LogP contribution is -2.45. The third kappa shape index (κ3) is 5.55. The Kier molecular flexibility index (Phi) is 6.84. The highest BCUT2D eigenvalue weighted by atomic mass is 19.1. The number of nitrogens with zero attached hydrogens (tertiary/aromatic N) is 1. The van der Waals surface area contributed by atoms with E-state index in [2.05, 4.69) is 15.5 Å². The van der Waals surface area contributed by atoms with Crippen LogP contribution in [-0.4, -0.2) is 50.3 Å². The van der Waals surface area contributed by atoms with Gasteiger partial charge in [0.2, 0.25) is 0 Å². The summed E-state index contributed by atoms with van der Waals surface area (Å²) < 4.78 is 24.8. The zero-order chi connectivity index (χ0) is 19.1. The summed E-state index contributed by atoms with van der Waals surface area (Å²) in [5, 5.41) is 5.69. The molecule has 1 aromatic carbocycles. The number of halogens is 1. The van der Waals surface area contributed by atoms with Gasteiger partial charge < -0.3 is 19.8 Å². The highest BCUT2D eigenvalue weighted by Gasteiger charge is 2.25. The van der Waals surface area contributed by atoms with E-state index in [1.807, 2.05) is 19.1 Å². The Labute approximate surface area is 158 Å². The molecule has 146 valence electrons. The van der Waals surface area contributed by atoms with Crippen LogP contribution in [0.1, 0.15) is 23.1 Å². The van der Waals surface area contributed by atoms with Gasteiger partial charge in [-0.05, 0) is 37.1 Å². The second-order valence-electron chi connectivity index (χ2n) is 6.59. The van der Waals surface area contributed by atoms with E-state index in [0.717, 1.165) is 24.6 Å². The van der Waals surface area contributed by atoms with Gasteiger partial charge in [0.15, 0.2) is 0 Å². The molecule has 0 radical (unpaired) electrons. The first-order chi connectivity index (χ1) is 13.1. The second-order valence-corrected chi connectivity index (χ2v) is 6.59. The Bertz CT molecular complexity index is 744. The van der Waals surface area contributed by atoms with Gasteiger partial charge in [0.05, 0.1) is 19.3 Å². The average Bonchev–Trinajstić information content (AvgIpc) is 3.10. The lowest BCUT2D eigenvalue weighted by Gasteiger charge is -2.33. The van der Waals surface area contributed by atoms with Gasteiger partial charge in [0.1, 0.15) is 17.3 Å². The number of morpholine rings is 1. The quantitative estimate of drug-likeness (QED) is 0.781. The molecule has 27 heavy (non-hydrogen) atoms. The molecule has 1 aromatic heterocycles. The van der Waals surface area contributed by atoms with Crippen molar-refractivity contribution in [3.8, 4) is 0 Å². The van der Waals surface area contributed by atoms with Crippen LogP contribution in [-0.2, 0) is 11.2 Å². The van der Waals surface area contributed by atoms with Gasteiger partial charge in [-0.2, -0.15) is 0 Å². The van der Waals surface area contributed by atoms with E-state index in [1.54, 1.807) is 18.2 Å². The minimum absolute atomic E-state index is 0.0417. The van der Waals surface area contributed by atoms with Crippen LogP contribution in [0.3, 0.4) is 0 Å². The number of carbonyl (C=O) groups is 1. The molecule has 0 saturated carbocycles. The number of hydrogen-bond donors (Lipinski definition) is 2. The van der Waals surface area contributed by atoms with Crippen LogP contribution in [0.4, 0.5) is 9.18 Å². The first-order valence-electron chi connectivity index (χ1n) is 9.26. The predicted molar refractivity (Wildman–Crippen MR) is 100 cm³/mol. The van der Waals surface area contributed by atoms with E-state index >= 15 is 0 Å². The summed E-state index contributed by atoms with van der Waals surface area (Å²) in [6.45, 7) is 5.63. The minimum Gasteiger partial charge on any atom is -0.465 e. The SMILES string of the molecule is Cc1ccc(C(CNC(=O)NCCc2ccccc2F)N2CCOCC2)o1. The number of carbonyl (C=O) groups excluding carboxylic acids is 1. The zero-order valence-corrected chi connectivity index (χ0v) is 15.5. The number of furan rings is 1. The fraction of sp³-hybridized carbons (Fsp3) is 0.450. The maximum Gasteiger partial charge on any atom is 0.314 e.